The van der Waals surface area contributed by atoms with Gasteiger partial charge in [0, 0.05) is 11.1 Å². The fourth-order valence-electron chi connectivity index (χ4n) is 2.05. The first-order valence-electron chi connectivity index (χ1n) is 6.49. The van der Waals surface area contributed by atoms with E-state index >= 15 is 0 Å². The number of nitrogens with one attached hydrogen (secondary N) is 1. The highest BCUT2D eigenvalue weighted by atomic mass is 32.1. The van der Waals surface area contributed by atoms with Crippen molar-refractivity contribution < 1.29 is 0 Å². The van der Waals surface area contributed by atoms with E-state index in [1.807, 2.05) is 0 Å². The molecule has 1 aromatic carbocycles. The van der Waals surface area contributed by atoms with Gasteiger partial charge >= 0.3 is 0 Å². The van der Waals surface area contributed by atoms with Crippen LogP contribution in [-0.4, -0.2) is 11.5 Å². The lowest BCUT2D eigenvalue weighted by Crippen LogP contribution is -2.21. The van der Waals surface area contributed by atoms with Gasteiger partial charge < -0.3 is 5.32 Å². The molecule has 0 radical (unpaired) electrons. The maximum Gasteiger partial charge on any atom is 0.110 e. The van der Waals surface area contributed by atoms with Crippen LogP contribution >= 0.6 is 11.3 Å². The minimum Gasteiger partial charge on any atom is -0.308 e. The molecule has 1 heterocycles. The van der Waals surface area contributed by atoms with Gasteiger partial charge in [-0.15, -0.1) is 11.3 Å². The molecule has 1 atom stereocenters. The van der Waals surface area contributed by atoms with Crippen molar-refractivity contribution in [1.29, 1.82) is 0 Å². The van der Waals surface area contributed by atoms with Crippen LogP contribution in [-0.2, 0) is 6.42 Å². The van der Waals surface area contributed by atoms with Crippen molar-refractivity contribution in [3.63, 3.8) is 0 Å². The maximum absolute atomic E-state index is 4.60. The van der Waals surface area contributed by atoms with Crippen molar-refractivity contribution in [3.8, 4) is 0 Å². The summed E-state index contributed by atoms with van der Waals surface area (Å²) in [6.45, 7) is 5.19. The first-order chi connectivity index (χ1) is 8.79. The summed E-state index contributed by atoms with van der Waals surface area (Å²) in [6.07, 6.45) is 2.20. The molecule has 0 saturated carbocycles. The number of nitrogens with zero attached hydrogens (tertiary/aromatic N) is 1. The van der Waals surface area contributed by atoms with Crippen molar-refractivity contribution in [2.24, 2.45) is 0 Å². The zero-order valence-electron chi connectivity index (χ0n) is 11.0. The van der Waals surface area contributed by atoms with Crippen molar-refractivity contribution in [2.75, 3.05) is 6.54 Å². The number of hydrogen-bond donors (Lipinski definition) is 1. The molecule has 3 heteroatoms. The van der Waals surface area contributed by atoms with E-state index in [0.717, 1.165) is 25.1 Å². The summed E-state index contributed by atoms with van der Waals surface area (Å²) in [5.41, 5.74) is 2.52. The third kappa shape index (κ3) is 3.65. The molecule has 96 valence electrons. The summed E-state index contributed by atoms with van der Waals surface area (Å²) >= 11 is 1.76. The molecule has 1 aromatic heterocycles. The van der Waals surface area contributed by atoms with Gasteiger partial charge in [0.05, 0.1) is 6.04 Å². The van der Waals surface area contributed by atoms with Gasteiger partial charge in [0.25, 0.3) is 0 Å². The van der Waals surface area contributed by atoms with Gasteiger partial charge in [0.1, 0.15) is 5.01 Å². The summed E-state index contributed by atoms with van der Waals surface area (Å²) in [6, 6.07) is 11.0. The summed E-state index contributed by atoms with van der Waals surface area (Å²) in [5, 5.41) is 6.87. The van der Waals surface area contributed by atoms with Crippen LogP contribution in [0.2, 0.25) is 0 Å². The van der Waals surface area contributed by atoms with E-state index in [4.69, 9.17) is 0 Å². The predicted molar refractivity (Wildman–Crippen MR) is 78.0 cm³/mol. The van der Waals surface area contributed by atoms with Crippen LogP contribution in [0, 0.1) is 6.92 Å². The lowest BCUT2D eigenvalue weighted by molar-refractivity contribution is 0.512. The van der Waals surface area contributed by atoms with Crippen LogP contribution in [0.25, 0.3) is 0 Å². The van der Waals surface area contributed by atoms with Crippen LogP contribution in [0.4, 0.5) is 0 Å². The number of hydrogen-bond acceptors (Lipinski definition) is 3. The van der Waals surface area contributed by atoms with Gasteiger partial charge in [-0.05, 0) is 31.9 Å². The fourth-order valence-corrected chi connectivity index (χ4v) is 2.95. The highest BCUT2D eigenvalue weighted by molar-refractivity contribution is 7.09. The molecule has 1 N–H and O–H groups in total. The average molecular weight is 260 g/mol. The van der Waals surface area contributed by atoms with Crippen LogP contribution in [0.3, 0.4) is 0 Å². The Bertz CT molecular complexity index is 464. The van der Waals surface area contributed by atoms with Crippen LogP contribution in [0.1, 0.15) is 35.7 Å². The van der Waals surface area contributed by atoms with E-state index in [-0.39, 0.29) is 0 Å². The molecule has 0 fully saturated rings. The Labute approximate surface area is 113 Å². The topological polar surface area (TPSA) is 24.9 Å². The molecule has 0 aliphatic carbocycles. The molecular formula is C15H20N2S. The van der Waals surface area contributed by atoms with Gasteiger partial charge in [0.2, 0.25) is 0 Å². The molecule has 0 aliphatic rings. The minimum absolute atomic E-state index is 0.383. The van der Waals surface area contributed by atoms with E-state index < -0.39 is 0 Å². The number of thiazole rings is 1. The molecule has 0 spiro atoms. The third-order valence-corrected chi connectivity index (χ3v) is 4.03. The minimum atomic E-state index is 0.383. The van der Waals surface area contributed by atoms with Gasteiger partial charge in [-0.3, -0.25) is 0 Å². The quantitative estimate of drug-likeness (QED) is 0.856. The van der Waals surface area contributed by atoms with E-state index in [9.17, 15) is 0 Å². The Morgan fingerprint density at radius 2 is 2.06 bits per heavy atom. The smallest absolute Gasteiger partial charge is 0.110 e. The summed E-state index contributed by atoms with van der Waals surface area (Å²) in [4.78, 5) is 4.60. The lowest BCUT2D eigenvalue weighted by atomic mass is 10.1. The second kappa shape index (κ2) is 6.66. The Kier molecular flexibility index (Phi) is 4.90. The van der Waals surface area contributed by atoms with Crippen molar-refractivity contribution in [1.82, 2.24) is 10.3 Å². The number of aryl methyl sites for hydroxylation is 2. The molecule has 2 rings (SSSR count). The molecule has 18 heavy (non-hydrogen) atoms. The van der Waals surface area contributed by atoms with Crippen molar-refractivity contribution >= 4 is 11.3 Å². The first kappa shape index (κ1) is 13.2. The summed E-state index contributed by atoms with van der Waals surface area (Å²) in [7, 11) is 0. The Balaban J connectivity index is 1.98. The van der Waals surface area contributed by atoms with E-state index in [1.54, 1.807) is 11.3 Å². The van der Waals surface area contributed by atoms with E-state index in [2.05, 4.69) is 59.9 Å². The SMILES string of the molecule is CCNC(CCc1ccccc1)c1nc(C)cs1. The zero-order valence-corrected chi connectivity index (χ0v) is 11.8. The van der Waals surface area contributed by atoms with Crippen molar-refractivity contribution in [2.45, 2.75) is 32.7 Å². The zero-order chi connectivity index (χ0) is 12.8. The highest BCUT2D eigenvalue weighted by Crippen LogP contribution is 2.22. The van der Waals surface area contributed by atoms with Crippen LogP contribution < -0.4 is 5.32 Å². The highest BCUT2D eigenvalue weighted by Gasteiger charge is 2.13. The van der Waals surface area contributed by atoms with E-state index in [0.29, 0.717) is 6.04 Å². The molecule has 0 amide bonds. The monoisotopic (exact) mass is 260 g/mol. The van der Waals surface area contributed by atoms with Gasteiger partial charge in [0.15, 0.2) is 0 Å². The standard InChI is InChI=1S/C15H20N2S/c1-3-16-14(15-17-12(2)11-18-15)10-9-13-7-5-4-6-8-13/h4-8,11,14,16H,3,9-10H2,1-2H3. The van der Waals surface area contributed by atoms with Crippen LogP contribution in [0.5, 0.6) is 0 Å². The second-order valence-corrected chi connectivity index (χ2v) is 5.35. The molecule has 0 saturated heterocycles. The molecular weight excluding hydrogens is 240 g/mol. The molecule has 0 bridgehead atoms. The molecule has 2 aromatic rings. The second-order valence-electron chi connectivity index (χ2n) is 4.46. The summed E-state index contributed by atoms with van der Waals surface area (Å²) in [5.74, 6) is 0. The largest absolute Gasteiger partial charge is 0.308 e. The van der Waals surface area contributed by atoms with Gasteiger partial charge in [-0.25, -0.2) is 4.98 Å². The van der Waals surface area contributed by atoms with Gasteiger partial charge in [-0.2, -0.15) is 0 Å². The Morgan fingerprint density at radius 3 is 2.67 bits per heavy atom. The summed E-state index contributed by atoms with van der Waals surface area (Å²) < 4.78 is 0. The third-order valence-electron chi connectivity index (χ3n) is 2.95. The normalized spacial score (nSPS) is 12.6. The van der Waals surface area contributed by atoms with Gasteiger partial charge in [-0.1, -0.05) is 37.3 Å². The molecule has 2 nitrogen and oxygen atoms in total. The molecule has 0 aliphatic heterocycles. The first-order valence-corrected chi connectivity index (χ1v) is 7.37. The molecule has 1 unspecified atom stereocenters. The predicted octanol–water partition coefficient (Wildman–Crippen LogP) is 3.73. The number of rotatable bonds is 6. The Hall–Kier alpha value is -1.19. The number of aromatic nitrogens is 1. The lowest BCUT2D eigenvalue weighted by Gasteiger charge is -2.15. The van der Waals surface area contributed by atoms with Crippen LogP contribution in [0.15, 0.2) is 35.7 Å². The fraction of sp³-hybridized carbons (Fsp3) is 0.400. The van der Waals surface area contributed by atoms with Crippen molar-refractivity contribution in [3.05, 3.63) is 52.0 Å². The Morgan fingerprint density at radius 1 is 1.28 bits per heavy atom. The number of benzene rings is 1. The maximum atomic E-state index is 4.60. The average Bonchev–Trinajstić information content (AvgIpc) is 2.82. The van der Waals surface area contributed by atoms with E-state index in [1.165, 1.54) is 10.6 Å².